The molecule has 0 bridgehead atoms. The van der Waals surface area contributed by atoms with Crippen molar-refractivity contribution in [3.8, 4) is 11.3 Å². The van der Waals surface area contributed by atoms with Crippen LogP contribution >= 0.6 is 0 Å². The van der Waals surface area contributed by atoms with Gasteiger partial charge in [0.1, 0.15) is 5.76 Å². The molecule has 7 nitrogen and oxygen atoms in total. The number of amides is 1. The number of carbonyl (C=O) groups is 1. The Hall–Kier alpha value is -3.36. The summed E-state index contributed by atoms with van der Waals surface area (Å²) in [5.41, 5.74) is 2.00. The van der Waals surface area contributed by atoms with Gasteiger partial charge >= 0.3 is 0 Å². The van der Waals surface area contributed by atoms with E-state index in [4.69, 9.17) is 4.52 Å². The van der Waals surface area contributed by atoms with Gasteiger partial charge < -0.3 is 9.84 Å². The van der Waals surface area contributed by atoms with Crippen LogP contribution in [0.1, 0.15) is 37.3 Å². The standard InChI is InChI=1S/C23H26F2N4O3/c1-13(2)21(26-22(30)9-6-17-14(3)28-32-15(17)4)12-29-23(31)10-8-20(27-29)16-5-7-18(24)19(25)11-16/h5,7-8,10-11,13,21H,6,9,12H2,1-4H3,(H,26,30)/t21-/m1/s1. The molecule has 0 radical (unpaired) electrons. The van der Waals surface area contributed by atoms with Crippen LogP contribution in [0, 0.1) is 31.4 Å². The van der Waals surface area contributed by atoms with E-state index in [1.807, 2.05) is 27.7 Å². The van der Waals surface area contributed by atoms with E-state index in [9.17, 15) is 18.4 Å². The number of hydrogen-bond acceptors (Lipinski definition) is 5. The highest BCUT2D eigenvalue weighted by molar-refractivity contribution is 5.76. The number of carbonyl (C=O) groups excluding carboxylic acids is 1. The molecule has 2 heterocycles. The molecule has 3 rings (SSSR count). The lowest BCUT2D eigenvalue weighted by Gasteiger charge is -2.23. The molecule has 0 unspecified atom stereocenters. The van der Waals surface area contributed by atoms with Gasteiger partial charge in [0.15, 0.2) is 11.6 Å². The van der Waals surface area contributed by atoms with Crippen molar-refractivity contribution < 1.29 is 18.1 Å². The first-order valence-corrected chi connectivity index (χ1v) is 10.4. The number of aryl methyl sites for hydroxylation is 2. The van der Waals surface area contributed by atoms with Crippen LogP contribution in [0.3, 0.4) is 0 Å². The number of nitrogens with zero attached hydrogens (tertiary/aromatic N) is 3. The summed E-state index contributed by atoms with van der Waals surface area (Å²) >= 11 is 0. The Morgan fingerprint density at radius 1 is 1.16 bits per heavy atom. The summed E-state index contributed by atoms with van der Waals surface area (Å²) in [5, 5.41) is 11.2. The number of benzene rings is 1. The van der Waals surface area contributed by atoms with Crippen LogP contribution < -0.4 is 10.9 Å². The van der Waals surface area contributed by atoms with Crippen LogP contribution in [0.5, 0.6) is 0 Å². The molecule has 1 N–H and O–H groups in total. The maximum atomic E-state index is 13.6. The second-order valence-electron chi connectivity index (χ2n) is 8.09. The van der Waals surface area contributed by atoms with Gasteiger partial charge in [-0.15, -0.1) is 0 Å². The van der Waals surface area contributed by atoms with Gasteiger partial charge in [0.05, 0.1) is 24.0 Å². The van der Waals surface area contributed by atoms with Crippen molar-refractivity contribution in [2.45, 2.75) is 53.1 Å². The molecule has 0 fully saturated rings. The third kappa shape index (κ3) is 5.46. The maximum Gasteiger partial charge on any atom is 0.266 e. The lowest BCUT2D eigenvalue weighted by molar-refractivity contribution is -0.122. The maximum absolute atomic E-state index is 13.6. The highest BCUT2D eigenvalue weighted by Crippen LogP contribution is 2.19. The van der Waals surface area contributed by atoms with Crippen molar-refractivity contribution >= 4 is 5.91 Å². The Labute approximate surface area is 184 Å². The Bertz CT molecular complexity index is 1150. The van der Waals surface area contributed by atoms with Gasteiger partial charge in [-0.25, -0.2) is 13.5 Å². The molecule has 0 saturated heterocycles. The topological polar surface area (TPSA) is 90.0 Å². The predicted molar refractivity (Wildman–Crippen MR) is 115 cm³/mol. The average molecular weight is 444 g/mol. The van der Waals surface area contributed by atoms with Crippen molar-refractivity contribution in [3.63, 3.8) is 0 Å². The van der Waals surface area contributed by atoms with E-state index in [2.05, 4.69) is 15.6 Å². The van der Waals surface area contributed by atoms with Crippen molar-refractivity contribution in [1.82, 2.24) is 20.3 Å². The molecule has 0 spiro atoms. The Balaban J connectivity index is 1.73. The molecular weight excluding hydrogens is 418 g/mol. The fourth-order valence-corrected chi connectivity index (χ4v) is 3.37. The van der Waals surface area contributed by atoms with Crippen LogP contribution in [-0.2, 0) is 17.8 Å². The second kappa shape index (κ2) is 9.84. The van der Waals surface area contributed by atoms with Gasteiger partial charge in [0, 0.05) is 23.6 Å². The summed E-state index contributed by atoms with van der Waals surface area (Å²) < 4.78 is 33.2. The summed E-state index contributed by atoms with van der Waals surface area (Å²) in [7, 11) is 0. The monoisotopic (exact) mass is 444 g/mol. The van der Waals surface area contributed by atoms with Crippen molar-refractivity contribution in [2.24, 2.45) is 5.92 Å². The van der Waals surface area contributed by atoms with E-state index in [1.165, 1.54) is 22.9 Å². The zero-order valence-electron chi connectivity index (χ0n) is 18.5. The molecule has 0 aliphatic rings. The van der Waals surface area contributed by atoms with Gasteiger partial charge in [-0.05, 0) is 50.5 Å². The Kier molecular flexibility index (Phi) is 7.17. The molecule has 1 aromatic carbocycles. The minimum absolute atomic E-state index is 0.0265. The lowest BCUT2D eigenvalue weighted by Crippen LogP contribution is -2.44. The fourth-order valence-electron chi connectivity index (χ4n) is 3.37. The number of rotatable bonds is 8. The van der Waals surface area contributed by atoms with E-state index < -0.39 is 11.6 Å². The second-order valence-corrected chi connectivity index (χ2v) is 8.09. The lowest BCUT2D eigenvalue weighted by atomic mass is 10.0. The average Bonchev–Trinajstić information content (AvgIpc) is 3.06. The van der Waals surface area contributed by atoms with Gasteiger partial charge in [-0.2, -0.15) is 5.10 Å². The molecule has 0 saturated carbocycles. The first-order chi connectivity index (χ1) is 15.2. The first kappa shape index (κ1) is 23.3. The molecular formula is C23H26F2N4O3. The SMILES string of the molecule is Cc1noc(C)c1CCC(=O)N[C@H](Cn1nc(-c2ccc(F)c(F)c2)ccc1=O)C(C)C. The zero-order valence-corrected chi connectivity index (χ0v) is 18.5. The summed E-state index contributed by atoms with van der Waals surface area (Å²) in [5.74, 6) is -1.39. The number of hydrogen-bond donors (Lipinski definition) is 1. The summed E-state index contributed by atoms with van der Waals surface area (Å²) in [6.07, 6.45) is 0.755. The molecule has 0 aliphatic heterocycles. The van der Waals surface area contributed by atoms with Crippen LogP contribution in [0.4, 0.5) is 8.78 Å². The Morgan fingerprint density at radius 3 is 2.53 bits per heavy atom. The van der Waals surface area contributed by atoms with Crippen molar-refractivity contribution in [3.05, 3.63) is 69.3 Å². The first-order valence-electron chi connectivity index (χ1n) is 10.4. The van der Waals surface area contributed by atoms with E-state index in [1.54, 1.807) is 0 Å². The fraction of sp³-hybridized carbons (Fsp3) is 0.391. The van der Waals surface area contributed by atoms with Gasteiger partial charge in [-0.3, -0.25) is 9.59 Å². The third-order valence-corrected chi connectivity index (χ3v) is 5.39. The van der Waals surface area contributed by atoms with Gasteiger partial charge in [-0.1, -0.05) is 19.0 Å². The minimum atomic E-state index is -0.993. The number of aromatic nitrogens is 3. The molecule has 32 heavy (non-hydrogen) atoms. The van der Waals surface area contributed by atoms with E-state index in [-0.39, 0.29) is 36.4 Å². The molecule has 1 atom stereocenters. The highest BCUT2D eigenvalue weighted by Gasteiger charge is 2.19. The molecule has 0 aliphatic carbocycles. The van der Waals surface area contributed by atoms with Crippen LogP contribution in [-0.4, -0.2) is 26.9 Å². The van der Waals surface area contributed by atoms with Crippen LogP contribution in [0.2, 0.25) is 0 Å². The minimum Gasteiger partial charge on any atom is -0.361 e. The zero-order chi connectivity index (χ0) is 23.4. The summed E-state index contributed by atoms with van der Waals surface area (Å²) in [6.45, 7) is 7.65. The normalized spacial score (nSPS) is 12.2. The van der Waals surface area contributed by atoms with Crippen LogP contribution in [0.25, 0.3) is 11.3 Å². The smallest absolute Gasteiger partial charge is 0.266 e. The van der Waals surface area contributed by atoms with E-state index >= 15 is 0 Å². The quantitative estimate of drug-likeness (QED) is 0.574. The van der Waals surface area contributed by atoms with Crippen molar-refractivity contribution in [2.75, 3.05) is 0 Å². The predicted octanol–water partition coefficient (Wildman–Crippen LogP) is 3.57. The molecule has 9 heteroatoms. The largest absolute Gasteiger partial charge is 0.361 e. The number of nitrogens with one attached hydrogen (secondary N) is 1. The van der Waals surface area contributed by atoms with Crippen LogP contribution in [0.15, 0.2) is 39.6 Å². The van der Waals surface area contributed by atoms with E-state index in [0.29, 0.717) is 23.4 Å². The summed E-state index contributed by atoms with van der Waals surface area (Å²) in [4.78, 5) is 24.9. The molecule has 1 amide bonds. The van der Waals surface area contributed by atoms with Gasteiger partial charge in [0.25, 0.3) is 5.56 Å². The highest BCUT2D eigenvalue weighted by atomic mass is 19.2. The Morgan fingerprint density at radius 2 is 1.91 bits per heavy atom. The van der Waals surface area contributed by atoms with E-state index in [0.717, 1.165) is 23.4 Å². The molecule has 3 aromatic rings. The molecule has 170 valence electrons. The molecule has 2 aromatic heterocycles. The number of halogens is 2. The summed E-state index contributed by atoms with van der Waals surface area (Å²) in [6, 6.07) is 5.86. The van der Waals surface area contributed by atoms with Gasteiger partial charge in [0.2, 0.25) is 5.91 Å². The van der Waals surface area contributed by atoms with Crippen molar-refractivity contribution in [1.29, 1.82) is 0 Å². The third-order valence-electron chi connectivity index (χ3n) is 5.39.